The molecule has 2 N–H and O–H groups in total. The number of carbonyl (C=O) groups excluding carboxylic acids is 3. The zero-order valence-corrected chi connectivity index (χ0v) is 25.8. The van der Waals surface area contributed by atoms with Gasteiger partial charge in [0.1, 0.15) is 17.7 Å². The van der Waals surface area contributed by atoms with Crippen LogP contribution >= 0.6 is 11.8 Å². The van der Waals surface area contributed by atoms with Crippen LogP contribution in [0.15, 0.2) is 18.2 Å². The van der Waals surface area contributed by atoms with Gasteiger partial charge >= 0.3 is 6.09 Å². The molecule has 0 aliphatic heterocycles. The number of hydrogen-bond acceptors (Lipinski definition) is 5. The van der Waals surface area contributed by atoms with E-state index in [2.05, 4.69) is 24.5 Å². The van der Waals surface area contributed by atoms with E-state index < -0.39 is 23.8 Å². The standard InChI is InChI=1S/C30H51N3O4S/c1-9-11-13-18-31-27(34)26(24-21-22(3)15-16-23(24)4)33(19-14-12-10-2)28(35)25(17-20-38-8)32-29(36)37-30(5,6)7/h15-16,21,25-26H,9-14,17-20H2,1-8H3,(H,31,34)(H,32,36). The Labute approximate surface area is 235 Å². The number of unbranched alkanes of at least 4 members (excludes halogenated alkanes) is 4. The van der Waals surface area contributed by atoms with Crippen molar-refractivity contribution in [1.29, 1.82) is 0 Å². The third-order valence-corrected chi connectivity index (χ3v) is 6.90. The van der Waals surface area contributed by atoms with E-state index in [4.69, 9.17) is 4.74 Å². The van der Waals surface area contributed by atoms with Gasteiger partial charge in [-0.05, 0) is 77.0 Å². The zero-order chi connectivity index (χ0) is 28.7. The van der Waals surface area contributed by atoms with Gasteiger partial charge in [0.15, 0.2) is 0 Å². The Balaban J connectivity index is 3.48. The third kappa shape index (κ3) is 12.1. The second-order valence-corrected chi connectivity index (χ2v) is 12.0. The largest absolute Gasteiger partial charge is 0.444 e. The molecule has 0 saturated carbocycles. The first-order valence-electron chi connectivity index (χ1n) is 14.1. The lowest BCUT2D eigenvalue weighted by Crippen LogP contribution is -2.53. The van der Waals surface area contributed by atoms with E-state index in [1.165, 1.54) is 0 Å². The van der Waals surface area contributed by atoms with Crippen LogP contribution in [-0.4, -0.2) is 59.5 Å². The Kier molecular flexibility index (Phi) is 15.5. The van der Waals surface area contributed by atoms with Crippen molar-refractivity contribution in [2.45, 2.75) is 111 Å². The molecule has 1 aromatic rings. The Morgan fingerprint density at radius 3 is 2.29 bits per heavy atom. The molecule has 1 rings (SSSR count). The van der Waals surface area contributed by atoms with Crippen LogP contribution in [0.2, 0.25) is 0 Å². The van der Waals surface area contributed by atoms with Gasteiger partial charge in [0.05, 0.1) is 0 Å². The lowest BCUT2D eigenvalue weighted by Gasteiger charge is -2.35. The van der Waals surface area contributed by atoms with Crippen molar-refractivity contribution < 1.29 is 19.1 Å². The lowest BCUT2D eigenvalue weighted by atomic mass is 9.95. The molecule has 1 aromatic carbocycles. The molecule has 0 spiro atoms. The normalized spacial score (nSPS) is 12.9. The molecule has 0 fully saturated rings. The molecule has 0 aliphatic carbocycles. The van der Waals surface area contributed by atoms with Gasteiger partial charge in [0.2, 0.25) is 11.8 Å². The molecule has 2 unspecified atom stereocenters. The van der Waals surface area contributed by atoms with E-state index in [9.17, 15) is 14.4 Å². The predicted octanol–water partition coefficient (Wildman–Crippen LogP) is 6.32. The number of amides is 3. The maximum absolute atomic E-state index is 14.2. The second-order valence-electron chi connectivity index (χ2n) is 11.0. The highest BCUT2D eigenvalue weighted by Crippen LogP contribution is 2.28. The van der Waals surface area contributed by atoms with Crippen molar-refractivity contribution in [2.75, 3.05) is 25.1 Å². The first kappa shape index (κ1) is 33.8. The van der Waals surface area contributed by atoms with E-state index in [0.717, 1.165) is 55.2 Å². The molecule has 0 saturated heterocycles. The fourth-order valence-electron chi connectivity index (χ4n) is 4.23. The molecule has 2 atom stereocenters. The first-order chi connectivity index (χ1) is 17.9. The van der Waals surface area contributed by atoms with Crippen LogP contribution in [0.1, 0.15) is 102 Å². The highest BCUT2D eigenvalue weighted by atomic mass is 32.2. The monoisotopic (exact) mass is 549 g/mol. The molecule has 0 bridgehead atoms. The minimum atomic E-state index is -0.792. The Morgan fingerprint density at radius 2 is 1.68 bits per heavy atom. The zero-order valence-electron chi connectivity index (χ0n) is 24.9. The van der Waals surface area contributed by atoms with Gasteiger partial charge in [0.25, 0.3) is 0 Å². The molecule has 0 radical (unpaired) electrons. The number of nitrogens with zero attached hydrogens (tertiary/aromatic N) is 1. The highest BCUT2D eigenvalue weighted by molar-refractivity contribution is 7.98. The molecule has 38 heavy (non-hydrogen) atoms. The summed E-state index contributed by atoms with van der Waals surface area (Å²) in [5.74, 6) is 0.253. The summed E-state index contributed by atoms with van der Waals surface area (Å²) in [6.45, 7) is 14.6. The van der Waals surface area contributed by atoms with Gasteiger partial charge in [0, 0.05) is 13.1 Å². The van der Waals surface area contributed by atoms with Gasteiger partial charge in [-0.15, -0.1) is 0 Å². The van der Waals surface area contributed by atoms with Crippen LogP contribution in [0.3, 0.4) is 0 Å². The minimum absolute atomic E-state index is 0.180. The van der Waals surface area contributed by atoms with Crippen LogP contribution < -0.4 is 10.6 Å². The van der Waals surface area contributed by atoms with E-state index in [1.54, 1.807) is 37.4 Å². The third-order valence-electron chi connectivity index (χ3n) is 6.25. The number of nitrogens with one attached hydrogen (secondary N) is 2. The number of aryl methyl sites for hydroxylation is 2. The van der Waals surface area contributed by atoms with Crippen LogP contribution in [0.4, 0.5) is 4.79 Å². The summed E-state index contributed by atoms with van der Waals surface area (Å²) in [5.41, 5.74) is 2.13. The van der Waals surface area contributed by atoms with Crippen LogP contribution in [0, 0.1) is 13.8 Å². The van der Waals surface area contributed by atoms with E-state index >= 15 is 0 Å². The smallest absolute Gasteiger partial charge is 0.408 e. The van der Waals surface area contributed by atoms with Gasteiger partial charge in [-0.1, -0.05) is 63.3 Å². The number of carbonyl (C=O) groups is 3. The fraction of sp³-hybridized carbons (Fsp3) is 0.700. The van der Waals surface area contributed by atoms with Crippen molar-refractivity contribution >= 4 is 29.7 Å². The highest BCUT2D eigenvalue weighted by Gasteiger charge is 2.36. The van der Waals surface area contributed by atoms with E-state index in [1.807, 2.05) is 38.3 Å². The Hall–Kier alpha value is -2.22. The molecule has 3 amide bonds. The first-order valence-corrected chi connectivity index (χ1v) is 15.5. The van der Waals surface area contributed by atoms with Gasteiger partial charge in [-0.25, -0.2) is 4.79 Å². The minimum Gasteiger partial charge on any atom is -0.444 e. The number of ether oxygens (including phenoxy) is 1. The summed E-state index contributed by atoms with van der Waals surface area (Å²) < 4.78 is 5.47. The quantitative estimate of drug-likeness (QED) is 0.236. The predicted molar refractivity (Wildman–Crippen MR) is 159 cm³/mol. The molecular formula is C30H51N3O4S. The summed E-state index contributed by atoms with van der Waals surface area (Å²) in [4.78, 5) is 42.4. The van der Waals surface area contributed by atoms with Gasteiger partial charge < -0.3 is 20.3 Å². The molecule has 8 heteroatoms. The molecule has 216 valence electrons. The molecule has 0 aromatic heterocycles. The van der Waals surface area contributed by atoms with E-state index in [-0.39, 0.29) is 11.8 Å². The Morgan fingerprint density at radius 1 is 1.03 bits per heavy atom. The number of rotatable bonds is 16. The van der Waals surface area contributed by atoms with E-state index in [0.29, 0.717) is 25.3 Å². The van der Waals surface area contributed by atoms with Gasteiger partial charge in [-0.2, -0.15) is 11.8 Å². The summed E-state index contributed by atoms with van der Waals surface area (Å²) in [6.07, 6.45) is 7.48. The number of alkyl carbamates (subject to hydrolysis) is 1. The number of thioether (sulfide) groups is 1. The molecule has 0 heterocycles. The average Bonchev–Trinajstić information content (AvgIpc) is 2.84. The maximum Gasteiger partial charge on any atom is 0.408 e. The summed E-state index contributed by atoms with van der Waals surface area (Å²) in [6, 6.07) is 4.45. The van der Waals surface area contributed by atoms with Crippen molar-refractivity contribution in [3.8, 4) is 0 Å². The fourth-order valence-corrected chi connectivity index (χ4v) is 4.70. The molecular weight excluding hydrogens is 498 g/mol. The number of hydrogen-bond donors (Lipinski definition) is 2. The van der Waals surface area contributed by atoms with Crippen LogP contribution in [-0.2, 0) is 14.3 Å². The summed E-state index contributed by atoms with van der Waals surface area (Å²) >= 11 is 1.61. The summed E-state index contributed by atoms with van der Waals surface area (Å²) in [7, 11) is 0. The van der Waals surface area contributed by atoms with Crippen molar-refractivity contribution in [3.05, 3.63) is 34.9 Å². The second kappa shape index (κ2) is 17.4. The summed E-state index contributed by atoms with van der Waals surface area (Å²) in [5, 5.41) is 5.91. The lowest BCUT2D eigenvalue weighted by molar-refractivity contribution is -0.142. The maximum atomic E-state index is 14.2. The molecule has 0 aliphatic rings. The number of benzene rings is 1. The van der Waals surface area contributed by atoms with Crippen LogP contribution in [0.25, 0.3) is 0 Å². The van der Waals surface area contributed by atoms with Crippen molar-refractivity contribution in [2.24, 2.45) is 0 Å². The van der Waals surface area contributed by atoms with Crippen LogP contribution in [0.5, 0.6) is 0 Å². The average molecular weight is 550 g/mol. The van der Waals surface area contributed by atoms with Gasteiger partial charge in [-0.3, -0.25) is 9.59 Å². The molecule has 7 nitrogen and oxygen atoms in total. The SMILES string of the molecule is CCCCCNC(=O)C(c1cc(C)ccc1C)N(CCCCC)C(=O)C(CCSC)NC(=O)OC(C)(C)C. The Bertz CT molecular complexity index is 885. The topological polar surface area (TPSA) is 87.7 Å². The van der Waals surface area contributed by atoms with Crippen molar-refractivity contribution in [1.82, 2.24) is 15.5 Å². The van der Waals surface area contributed by atoms with Crippen molar-refractivity contribution in [3.63, 3.8) is 0 Å².